The number of carbonyl (C=O) groups is 2. The fraction of sp³-hybridized carbons (Fsp3) is 0.233. The Morgan fingerprint density at radius 3 is 2.38 bits per heavy atom. The van der Waals surface area contributed by atoms with E-state index in [9.17, 15) is 9.59 Å². The second kappa shape index (κ2) is 11.9. The molecule has 0 bridgehead atoms. The standard InChI is InChI=1S/C30H28ClNO5/c1-4-35-28(33)17-21-8-7-9-24(16-21)22-12-14-23(15-13-22)30-26(19(2)32-37-30)18-29(34)36-20(3)25-10-5-6-11-27(25)31/h5-16,20H,4,17-18H2,1-3H3. The first-order valence-electron chi connectivity index (χ1n) is 12.1. The van der Waals surface area contributed by atoms with Gasteiger partial charge in [-0.05, 0) is 43.5 Å². The zero-order valence-corrected chi connectivity index (χ0v) is 21.7. The molecule has 1 heterocycles. The van der Waals surface area contributed by atoms with Crippen molar-refractivity contribution in [1.82, 2.24) is 5.16 Å². The monoisotopic (exact) mass is 517 g/mol. The Morgan fingerprint density at radius 2 is 1.65 bits per heavy atom. The molecule has 1 unspecified atom stereocenters. The molecule has 0 N–H and O–H groups in total. The number of halogens is 1. The van der Waals surface area contributed by atoms with Gasteiger partial charge in [0.25, 0.3) is 0 Å². The van der Waals surface area contributed by atoms with E-state index in [1.54, 1.807) is 26.8 Å². The average molecular weight is 518 g/mol. The summed E-state index contributed by atoms with van der Waals surface area (Å²) in [6.45, 7) is 5.75. The molecule has 37 heavy (non-hydrogen) atoms. The molecule has 3 aromatic carbocycles. The fourth-order valence-electron chi connectivity index (χ4n) is 4.13. The van der Waals surface area contributed by atoms with Crippen LogP contribution in [0.15, 0.2) is 77.3 Å². The maximum absolute atomic E-state index is 12.8. The number of aryl methyl sites for hydroxylation is 1. The number of benzene rings is 3. The Balaban J connectivity index is 1.48. The van der Waals surface area contributed by atoms with Gasteiger partial charge in [-0.25, -0.2) is 0 Å². The molecule has 0 aliphatic carbocycles. The van der Waals surface area contributed by atoms with Crippen LogP contribution in [0.25, 0.3) is 22.5 Å². The molecule has 1 aromatic heterocycles. The molecule has 0 radical (unpaired) electrons. The van der Waals surface area contributed by atoms with Crippen LogP contribution in [0.4, 0.5) is 0 Å². The van der Waals surface area contributed by atoms with Gasteiger partial charge in [-0.3, -0.25) is 9.59 Å². The summed E-state index contributed by atoms with van der Waals surface area (Å²) in [4.78, 5) is 24.6. The third kappa shape index (κ3) is 6.46. The Labute approximate surface area is 221 Å². The van der Waals surface area contributed by atoms with Crippen molar-refractivity contribution >= 4 is 23.5 Å². The van der Waals surface area contributed by atoms with Crippen molar-refractivity contribution in [3.05, 3.63) is 100 Å². The molecule has 0 saturated heterocycles. The fourth-order valence-corrected chi connectivity index (χ4v) is 4.42. The van der Waals surface area contributed by atoms with E-state index in [1.165, 1.54) is 0 Å². The van der Waals surface area contributed by atoms with Crippen LogP contribution in [-0.2, 0) is 31.9 Å². The van der Waals surface area contributed by atoms with Crippen LogP contribution in [0.1, 0.15) is 42.3 Å². The molecule has 0 amide bonds. The Morgan fingerprint density at radius 1 is 0.919 bits per heavy atom. The van der Waals surface area contributed by atoms with E-state index >= 15 is 0 Å². The maximum atomic E-state index is 12.8. The van der Waals surface area contributed by atoms with Crippen molar-refractivity contribution in [2.75, 3.05) is 6.61 Å². The number of ether oxygens (including phenoxy) is 2. The highest BCUT2D eigenvalue weighted by molar-refractivity contribution is 6.31. The lowest BCUT2D eigenvalue weighted by Crippen LogP contribution is -2.12. The van der Waals surface area contributed by atoms with Gasteiger partial charge < -0.3 is 14.0 Å². The third-order valence-electron chi connectivity index (χ3n) is 6.02. The summed E-state index contributed by atoms with van der Waals surface area (Å²) in [6.07, 6.45) is -0.230. The molecule has 0 aliphatic rings. The van der Waals surface area contributed by atoms with E-state index in [0.29, 0.717) is 28.6 Å². The molecule has 0 spiro atoms. The number of hydrogen-bond acceptors (Lipinski definition) is 6. The molecule has 0 saturated carbocycles. The molecule has 0 fully saturated rings. The van der Waals surface area contributed by atoms with Crippen molar-refractivity contribution in [3.63, 3.8) is 0 Å². The minimum Gasteiger partial charge on any atom is -0.466 e. The molecular formula is C30H28ClNO5. The zero-order chi connectivity index (χ0) is 26.4. The number of carbonyl (C=O) groups excluding carboxylic acids is 2. The first kappa shape index (κ1) is 26.2. The van der Waals surface area contributed by atoms with Crippen LogP contribution in [0.3, 0.4) is 0 Å². The lowest BCUT2D eigenvalue weighted by molar-refractivity contribution is -0.147. The summed E-state index contributed by atoms with van der Waals surface area (Å²) < 4.78 is 16.3. The lowest BCUT2D eigenvalue weighted by Gasteiger charge is -2.15. The molecule has 190 valence electrons. The lowest BCUT2D eigenvalue weighted by atomic mass is 9.98. The van der Waals surface area contributed by atoms with E-state index in [1.807, 2.05) is 66.7 Å². The predicted molar refractivity (Wildman–Crippen MR) is 142 cm³/mol. The second-order valence-electron chi connectivity index (χ2n) is 8.67. The van der Waals surface area contributed by atoms with Gasteiger partial charge in [-0.1, -0.05) is 83.5 Å². The Kier molecular flexibility index (Phi) is 8.41. The predicted octanol–water partition coefficient (Wildman–Crippen LogP) is 6.92. The Hall–Kier alpha value is -3.90. The van der Waals surface area contributed by atoms with Gasteiger partial charge >= 0.3 is 11.9 Å². The minimum absolute atomic E-state index is 0.0249. The van der Waals surface area contributed by atoms with Gasteiger partial charge in [0.15, 0.2) is 5.76 Å². The molecule has 4 rings (SSSR count). The van der Waals surface area contributed by atoms with E-state index in [2.05, 4.69) is 5.16 Å². The van der Waals surface area contributed by atoms with Crippen LogP contribution in [0, 0.1) is 6.92 Å². The van der Waals surface area contributed by atoms with Crippen molar-refractivity contribution in [1.29, 1.82) is 0 Å². The highest BCUT2D eigenvalue weighted by Crippen LogP contribution is 2.31. The summed E-state index contributed by atoms with van der Waals surface area (Å²) in [5.41, 5.74) is 5.72. The van der Waals surface area contributed by atoms with Crippen LogP contribution >= 0.6 is 11.6 Å². The van der Waals surface area contributed by atoms with E-state index in [-0.39, 0.29) is 18.8 Å². The maximum Gasteiger partial charge on any atom is 0.311 e. The van der Waals surface area contributed by atoms with Crippen molar-refractivity contribution in [2.45, 2.75) is 39.7 Å². The van der Waals surface area contributed by atoms with Crippen molar-refractivity contribution < 1.29 is 23.6 Å². The van der Waals surface area contributed by atoms with E-state index in [4.69, 9.17) is 25.6 Å². The van der Waals surface area contributed by atoms with E-state index in [0.717, 1.165) is 27.8 Å². The summed E-state index contributed by atoms with van der Waals surface area (Å²) in [5.74, 6) is -0.111. The van der Waals surface area contributed by atoms with Gasteiger partial charge in [0.05, 0.1) is 25.1 Å². The van der Waals surface area contributed by atoms with Crippen molar-refractivity contribution in [3.8, 4) is 22.5 Å². The van der Waals surface area contributed by atoms with Crippen LogP contribution in [-0.4, -0.2) is 23.7 Å². The summed E-state index contributed by atoms with van der Waals surface area (Å²) in [6, 6.07) is 22.9. The summed E-state index contributed by atoms with van der Waals surface area (Å²) >= 11 is 6.24. The first-order valence-corrected chi connectivity index (χ1v) is 12.5. The number of esters is 2. The van der Waals surface area contributed by atoms with Gasteiger partial charge in [0.1, 0.15) is 6.10 Å². The summed E-state index contributed by atoms with van der Waals surface area (Å²) in [7, 11) is 0. The molecule has 7 heteroatoms. The highest BCUT2D eigenvalue weighted by Gasteiger charge is 2.21. The van der Waals surface area contributed by atoms with Crippen LogP contribution < -0.4 is 0 Å². The van der Waals surface area contributed by atoms with Gasteiger partial charge in [-0.2, -0.15) is 0 Å². The largest absolute Gasteiger partial charge is 0.466 e. The second-order valence-corrected chi connectivity index (χ2v) is 9.07. The SMILES string of the molecule is CCOC(=O)Cc1cccc(-c2ccc(-c3onc(C)c3CC(=O)OC(C)c3ccccc3Cl)cc2)c1. The third-order valence-corrected chi connectivity index (χ3v) is 6.36. The first-order chi connectivity index (χ1) is 17.9. The van der Waals surface area contributed by atoms with Crippen LogP contribution in [0.5, 0.6) is 0 Å². The average Bonchev–Trinajstić information content (AvgIpc) is 3.24. The highest BCUT2D eigenvalue weighted by atomic mass is 35.5. The molecule has 4 aromatic rings. The number of aromatic nitrogens is 1. The topological polar surface area (TPSA) is 78.6 Å². The normalized spacial score (nSPS) is 11.7. The summed E-state index contributed by atoms with van der Waals surface area (Å²) in [5, 5.41) is 4.64. The molecule has 0 aliphatic heterocycles. The molecular weight excluding hydrogens is 490 g/mol. The quantitative estimate of drug-likeness (QED) is 0.224. The van der Waals surface area contributed by atoms with E-state index < -0.39 is 12.1 Å². The minimum atomic E-state index is -0.483. The van der Waals surface area contributed by atoms with Gasteiger partial charge in [-0.15, -0.1) is 0 Å². The van der Waals surface area contributed by atoms with Crippen molar-refractivity contribution in [2.24, 2.45) is 0 Å². The van der Waals surface area contributed by atoms with Gasteiger partial charge in [0.2, 0.25) is 0 Å². The molecule has 1 atom stereocenters. The van der Waals surface area contributed by atoms with Crippen LogP contribution in [0.2, 0.25) is 5.02 Å². The van der Waals surface area contributed by atoms with Gasteiger partial charge in [0, 0.05) is 21.7 Å². The smallest absolute Gasteiger partial charge is 0.311 e. The molecule has 6 nitrogen and oxygen atoms in total. The Bertz CT molecular complexity index is 1390. The number of hydrogen-bond donors (Lipinski definition) is 0. The number of nitrogens with zero attached hydrogens (tertiary/aromatic N) is 1. The number of rotatable bonds is 9. The zero-order valence-electron chi connectivity index (χ0n) is 21.0.